The molecule has 4 aromatic rings. The van der Waals surface area contributed by atoms with Gasteiger partial charge in [-0.2, -0.15) is 5.10 Å². The zero-order chi connectivity index (χ0) is 27.6. The molecule has 1 N–H and O–H groups in total. The smallest absolute Gasteiger partial charge is 0.337 e. The molecule has 0 saturated carbocycles. The topological polar surface area (TPSA) is 95.7 Å². The number of hydrogen-bond acceptors (Lipinski definition) is 8. The minimum absolute atomic E-state index is 0.0264. The molecular weight excluding hydrogens is 528 g/mol. The van der Waals surface area contributed by atoms with Crippen LogP contribution >= 0.6 is 11.8 Å². The van der Waals surface area contributed by atoms with Crippen molar-refractivity contribution in [3.05, 3.63) is 95.6 Å². The zero-order valence-electron chi connectivity index (χ0n) is 21.3. The normalized spacial score (nSPS) is 19.9. The van der Waals surface area contributed by atoms with Crippen LogP contribution < -0.4 is 0 Å². The van der Waals surface area contributed by atoms with Gasteiger partial charge < -0.3 is 19.3 Å². The van der Waals surface area contributed by atoms with Gasteiger partial charge in [-0.3, -0.25) is 0 Å². The molecule has 0 aliphatic carbocycles. The van der Waals surface area contributed by atoms with Crippen LogP contribution in [0.4, 0.5) is 8.78 Å². The summed E-state index contributed by atoms with van der Waals surface area (Å²) in [6, 6.07) is 14.2. The van der Waals surface area contributed by atoms with Crippen molar-refractivity contribution < 1.29 is 32.9 Å². The van der Waals surface area contributed by atoms with Gasteiger partial charge in [0.05, 0.1) is 37.7 Å². The first-order valence-corrected chi connectivity index (χ1v) is 13.2. The Bertz CT molecular complexity index is 1460. The summed E-state index contributed by atoms with van der Waals surface area (Å²) in [5, 5.41) is 16.9. The highest BCUT2D eigenvalue weighted by atomic mass is 32.2. The van der Waals surface area contributed by atoms with E-state index in [2.05, 4.69) is 10.1 Å². The number of esters is 1. The van der Waals surface area contributed by atoms with E-state index >= 15 is 0 Å². The van der Waals surface area contributed by atoms with Gasteiger partial charge in [0.2, 0.25) is 0 Å². The highest BCUT2D eigenvalue weighted by molar-refractivity contribution is 8.00. The third-order valence-electron chi connectivity index (χ3n) is 6.76. The summed E-state index contributed by atoms with van der Waals surface area (Å²) >= 11 is 1.40. The molecule has 1 saturated heterocycles. The molecule has 1 fully saturated rings. The van der Waals surface area contributed by atoms with Crippen LogP contribution in [0.15, 0.2) is 67.3 Å². The number of hydrogen-bond donors (Lipinski definition) is 1. The molecule has 8 nitrogen and oxygen atoms in total. The average molecular weight is 556 g/mol. The van der Waals surface area contributed by atoms with Crippen molar-refractivity contribution in [2.75, 3.05) is 20.3 Å². The number of carbonyl (C=O) groups is 1. The van der Waals surface area contributed by atoms with Gasteiger partial charge in [0.15, 0.2) is 6.29 Å². The molecule has 0 bridgehead atoms. The number of nitrogens with zero attached hydrogens (tertiary/aromatic N) is 3. The number of aliphatic hydroxyl groups is 1. The number of aromatic nitrogens is 3. The fourth-order valence-electron chi connectivity index (χ4n) is 4.65. The third-order valence-corrected chi connectivity index (χ3v) is 8.22. The molecule has 1 aliphatic rings. The summed E-state index contributed by atoms with van der Waals surface area (Å²) < 4.78 is 46.7. The molecule has 2 heterocycles. The molecule has 1 aliphatic heterocycles. The summed E-state index contributed by atoms with van der Waals surface area (Å²) in [4.78, 5) is 15.7. The highest BCUT2D eigenvalue weighted by Crippen LogP contribution is 2.39. The Morgan fingerprint density at radius 3 is 2.59 bits per heavy atom. The number of methoxy groups -OCH3 is 1. The summed E-state index contributed by atoms with van der Waals surface area (Å²) in [6.45, 7) is 2.38. The lowest BCUT2D eigenvalue weighted by Gasteiger charge is -2.37. The van der Waals surface area contributed by atoms with Crippen LogP contribution in [0.2, 0.25) is 0 Å². The summed E-state index contributed by atoms with van der Waals surface area (Å²) in [7, 11) is 1.35. The fraction of sp³-hybridized carbons (Fsp3) is 0.321. The number of benzene rings is 3. The maximum absolute atomic E-state index is 14.8. The fourth-order valence-corrected chi connectivity index (χ4v) is 5.97. The van der Waals surface area contributed by atoms with E-state index in [0.717, 1.165) is 28.5 Å². The number of carbonyl (C=O) groups excluding carboxylic acids is 1. The molecule has 0 unspecified atom stereocenters. The quantitative estimate of drug-likeness (QED) is 0.315. The van der Waals surface area contributed by atoms with E-state index in [1.165, 1.54) is 42.3 Å². The van der Waals surface area contributed by atoms with E-state index < -0.39 is 34.7 Å². The maximum Gasteiger partial charge on any atom is 0.337 e. The van der Waals surface area contributed by atoms with Crippen LogP contribution in [0, 0.1) is 11.6 Å². The number of ether oxygens (including phenoxy) is 3. The second-order valence-corrected chi connectivity index (χ2v) is 11.0. The first-order chi connectivity index (χ1) is 18.8. The first kappa shape index (κ1) is 27.2. The predicted molar refractivity (Wildman–Crippen MR) is 141 cm³/mol. The Morgan fingerprint density at radius 1 is 1.15 bits per heavy atom. The van der Waals surface area contributed by atoms with E-state index in [1.54, 1.807) is 19.1 Å². The van der Waals surface area contributed by atoms with Gasteiger partial charge >= 0.3 is 5.97 Å². The average Bonchev–Trinajstić information content (AvgIpc) is 3.45. The Morgan fingerprint density at radius 2 is 1.90 bits per heavy atom. The van der Waals surface area contributed by atoms with E-state index in [4.69, 9.17) is 14.2 Å². The number of rotatable bonds is 8. The van der Waals surface area contributed by atoms with E-state index in [9.17, 15) is 18.7 Å². The van der Waals surface area contributed by atoms with Crippen LogP contribution in [-0.2, 0) is 26.4 Å². The lowest BCUT2D eigenvalue weighted by atomic mass is 9.90. The number of thioether (sulfide) groups is 1. The van der Waals surface area contributed by atoms with E-state index in [0.29, 0.717) is 18.8 Å². The molecule has 5 rings (SSSR count). The Balaban J connectivity index is 1.27. The Labute approximate surface area is 227 Å². The van der Waals surface area contributed by atoms with Crippen molar-refractivity contribution in [1.82, 2.24) is 14.8 Å². The van der Waals surface area contributed by atoms with Gasteiger partial charge in [-0.05, 0) is 35.0 Å². The SMILES string of the molecule is COC(=O)c1ccc2cc(C3OCC(S[C@H](C)[C@](O)(Cn4cncn4)c4ccc(F)cc4F)CO3)ccc2c1. The highest BCUT2D eigenvalue weighted by Gasteiger charge is 2.41. The number of fused-ring (bicyclic) bond motifs is 1. The van der Waals surface area contributed by atoms with Crippen LogP contribution in [0.25, 0.3) is 10.8 Å². The Hall–Kier alpha value is -3.38. The maximum atomic E-state index is 14.8. The molecule has 2 atom stereocenters. The van der Waals surface area contributed by atoms with Crippen LogP contribution in [0.1, 0.15) is 34.7 Å². The summed E-state index contributed by atoms with van der Waals surface area (Å²) in [5.41, 5.74) is -0.433. The molecule has 0 radical (unpaired) electrons. The summed E-state index contributed by atoms with van der Waals surface area (Å²) in [5.74, 6) is -1.96. The molecule has 39 heavy (non-hydrogen) atoms. The standard InChI is InChI=1S/C28H27F2N3O5S/c1-17(28(35,14-33-16-31-15-32-33)24-8-7-22(29)11-25(24)30)39-23-12-37-27(38-13-23)21-6-4-18-9-20(26(34)36-2)5-3-19(18)10-21/h3-11,15-17,23,27,35H,12-14H2,1-2H3/t17-,23?,27?,28-/m1/s1. The molecular formula is C28H27F2N3O5S. The molecule has 204 valence electrons. The zero-order valence-corrected chi connectivity index (χ0v) is 22.1. The van der Waals surface area contributed by atoms with Crippen LogP contribution in [0.3, 0.4) is 0 Å². The largest absolute Gasteiger partial charge is 0.465 e. The van der Waals surface area contributed by atoms with Gasteiger partial charge in [0.25, 0.3) is 0 Å². The number of halogens is 2. The van der Waals surface area contributed by atoms with Crippen LogP contribution in [0.5, 0.6) is 0 Å². The van der Waals surface area contributed by atoms with Gasteiger partial charge in [0, 0.05) is 22.4 Å². The lowest BCUT2D eigenvalue weighted by molar-refractivity contribution is -0.179. The molecule has 0 amide bonds. The van der Waals surface area contributed by atoms with Crippen molar-refractivity contribution in [1.29, 1.82) is 0 Å². The minimum Gasteiger partial charge on any atom is -0.465 e. The monoisotopic (exact) mass is 555 g/mol. The third kappa shape index (κ3) is 5.81. The van der Waals surface area contributed by atoms with Gasteiger partial charge in [-0.25, -0.2) is 23.2 Å². The van der Waals surface area contributed by atoms with Crippen molar-refractivity contribution in [2.24, 2.45) is 0 Å². The Kier molecular flexibility index (Phi) is 7.94. The summed E-state index contributed by atoms with van der Waals surface area (Å²) in [6.07, 6.45) is 2.18. The van der Waals surface area contributed by atoms with E-state index in [1.807, 2.05) is 24.3 Å². The van der Waals surface area contributed by atoms with Crippen LogP contribution in [-0.4, -0.2) is 56.7 Å². The van der Waals surface area contributed by atoms with Gasteiger partial charge in [-0.15, -0.1) is 11.8 Å². The minimum atomic E-state index is -1.71. The predicted octanol–water partition coefficient (Wildman–Crippen LogP) is 4.62. The van der Waals surface area contributed by atoms with Gasteiger partial charge in [0.1, 0.15) is 29.9 Å². The molecule has 0 spiro atoms. The molecule has 3 aromatic carbocycles. The first-order valence-electron chi connectivity index (χ1n) is 12.3. The van der Waals surface area contributed by atoms with Crippen molar-refractivity contribution in [2.45, 2.75) is 35.9 Å². The molecule has 1 aromatic heterocycles. The molecule has 11 heteroatoms. The lowest BCUT2D eigenvalue weighted by Crippen LogP contribution is -2.43. The van der Waals surface area contributed by atoms with E-state index in [-0.39, 0.29) is 17.4 Å². The van der Waals surface area contributed by atoms with Gasteiger partial charge in [-0.1, -0.05) is 31.2 Å². The van der Waals surface area contributed by atoms with Crippen molar-refractivity contribution in [3.63, 3.8) is 0 Å². The van der Waals surface area contributed by atoms with Crippen molar-refractivity contribution in [3.8, 4) is 0 Å². The second kappa shape index (κ2) is 11.4. The second-order valence-electron chi connectivity index (χ2n) is 9.35. The van der Waals surface area contributed by atoms with Crippen molar-refractivity contribution >= 4 is 28.5 Å².